The second-order valence-corrected chi connectivity index (χ2v) is 3.16. The minimum Gasteiger partial charge on any atom is -0.383 e. The number of hydrogen-bond acceptors (Lipinski definition) is 4. The summed E-state index contributed by atoms with van der Waals surface area (Å²) in [4.78, 5) is 8.14. The molecule has 0 aliphatic heterocycles. The zero-order valence-electron chi connectivity index (χ0n) is 6.35. The molecule has 0 saturated carbocycles. The summed E-state index contributed by atoms with van der Waals surface area (Å²) in [6.45, 7) is 1.90. The molecule has 11 heavy (non-hydrogen) atoms. The molecule has 1 aromatic rings. The Balaban J connectivity index is 3.21. The van der Waals surface area contributed by atoms with Crippen molar-refractivity contribution in [2.75, 3.05) is 18.1 Å². The number of aromatic nitrogens is 2. The molecule has 0 saturated heterocycles. The Bertz CT molecular complexity index is 250. The molecule has 4 nitrogen and oxygen atoms in total. The van der Waals surface area contributed by atoms with Crippen molar-refractivity contribution in [2.45, 2.75) is 6.92 Å². The number of anilines is 2. The third kappa shape index (κ3) is 1.70. The SMILES string of the molecule is CNc1nc(C)c(I)c(N)n1. The van der Waals surface area contributed by atoms with Crippen molar-refractivity contribution in [1.82, 2.24) is 9.97 Å². The van der Waals surface area contributed by atoms with Crippen LogP contribution in [0, 0.1) is 10.5 Å². The lowest BCUT2D eigenvalue weighted by molar-refractivity contribution is 1.08. The smallest absolute Gasteiger partial charge is 0.224 e. The van der Waals surface area contributed by atoms with E-state index >= 15 is 0 Å². The predicted molar refractivity (Wildman–Crippen MR) is 53.4 cm³/mol. The van der Waals surface area contributed by atoms with Crippen LogP contribution in [-0.4, -0.2) is 17.0 Å². The third-order valence-electron chi connectivity index (χ3n) is 1.27. The van der Waals surface area contributed by atoms with E-state index in [4.69, 9.17) is 5.73 Å². The van der Waals surface area contributed by atoms with Gasteiger partial charge in [0.15, 0.2) is 0 Å². The molecule has 0 aromatic carbocycles. The summed E-state index contributed by atoms with van der Waals surface area (Å²) in [5.41, 5.74) is 6.50. The molecule has 0 atom stereocenters. The van der Waals surface area contributed by atoms with E-state index in [2.05, 4.69) is 37.9 Å². The number of nitrogen functional groups attached to an aromatic ring is 1. The molecule has 0 radical (unpaired) electrons. The van der Waals surface area contributed by atoms with Gasteiger partial charge in [0.2, 0.25) is 5.95 Å². The van der Waals surface area contributed by atoms with Gasteiger partial charge in [0, 0.05) is 7.05 Å². The highest BCUT2D eigenvalue weighted by Gasteiger charge is 2.03. The summed E-state index contributed by atoms with van der Waals surface area (Å²) in [5.74, 6) is 1.10. The van der Waals surface area contributed by atoms with Crippen molar-refractivity contribution in [3.63, 3.8) is 0 Å². The van der Waals surface area contributed by atoms with Crippen LogP contribution in [0.4, 0.5) is 11.8 Å². The standard InChI is InChI=1S/C6H9IN4/c1-3-4(7)5(8)11-6(9-2)10-3/h1-2H3,(H3,8,9,10,11). The van der Waals surface area contributed by atoms with E-state index in [9.17, 15) is 0 Å². The van der Waals surface area contributed by atoms with Gasteiger partial charge >= 0.3 is 0 Å². The average Bonchev–Trinajstić information content (AvgIpc) is 1.99. The highest BCUT2D eigenvalue weighted by molar-refractivity contribution is 14.1. The molecule has 0 aliphatic rings. The van der Waals surface area contributed by atoms with Gasteiger partial charge < -0.3 is 11.1 Å². The molecule has 0 aliphatic carbocycles. The molecule has 0 unspecified atom stereocenters. The van der Waals surface area contributed by atoms with Crippen LogP contribution in [0.2, 0.25) is 0 Å². The lowest BCUT2D eigenvalue weighted by Crippen LogP contribution is -2.04. The number of hydrogen-bond donors (Lipinski definition) is 2. The quantitative estimate of drug-likeness (QED) is 0.743. The summed E-state index contributed by atoms with van der Waals surface area (Å²) < 4.78 is 0.918. The zero-order chi connectivity index (χ0) is 8.43. The van der Waals surface area contributed by atoms with E-state index in [1.54, 1.807) is 7.05 Å². The number of nitrogens with one attached hydrogen (secondary N) is 1. The fourth-order valence-corrected chi connectivity index (χ4v) is 0.934. The van der Waals surface area contributed by atoms with E-state index in [0.717, 1.165) is 9.26 Å². The molecule has 0 bridgehead atoms. The zero-order valence-corrected chi connectivity index (χ0v) is 8.51. The van der Waals surface area contributed by atoms with E-state index < -0.39 is 0 Å². The van der Waals surface area contributed by atoms with Crippen molar-refractivity contribution in [3.05, 3.63) is 9.26 Å². The van der Waals surface area contributed by atoms with Gasteiger partial charge in [-0.05, 0) is 29.5 Å². The molecule has 0 spiro atoms. The van der Waals surface area contributed by atoms with Crippen molar-refractivity contribution in [2.24, 2.45) is 0 Å². The molecule has 60 valence electrons. The van der Waals surface area contributed by atoms with Gasteiger partial charge in [-0.15, -0.1) is 0 Å². The molecule has 0 fully saturated rings. The van der Waals surface area contributed by atoms with Gasteiger partial charge in [-0.1, -0.05) is 0 Å². The molecule has 3 N–H and O–H groups in total. The van der Waals surface area contributed by atoms with Gasteiger partial charge in [0.25, 0.3) is 0 Å². The van der Waals surface area contributed by atoms with Gasteiger partial charge in [-0.3, -0.25) is 0 Å². The number of halogens is 1. The summed E-state index contributed by atoms with van der Waals surface area (Å²) in [5, 5.41) is 2.83. The lowest BCUT2D eigenvalue weighted by atomic mass is 10.4. The molecule has 1 heterocycles. The van der Waals surface area contributed by atoms with Crippen LogP contribution in [0.5, 0.6) is 0 Å². The fraction of sp³-hybridized carbons (Fsp3) is 0.333. The minimum atomic E-state index is 0.530. The number of aryl methyl sites for hydroxylation is 1. The van der Waals surface area contributed by atoms with Crippen LogP contribution in [-0.2, 0) is 0 Å². The molecule has 1 aromatic heterocycles. The average molecular weight is 264 g/mol. The largest absolute Gasteiger partial charge is 0.383 e. The monoisotopic (exact) mass is 264 g/mol. The molecule has 5 heteroatoms. The first-order valence-electron chi connectivity index (χ1n) is 3.12. The van der Waals surface area contributed by atoms with Crippen molar-refractivity contribution in [1.29, 1.82) is 0 Å². The minimum absolute atomic E-state index is 0.530. The lowest BCUT2D eigenvalue weighted by Gasteiger charge is -2.03. The van der Waals surface area contributed by atoms with Crippen molar-refractivity contribution in [3.8, 4) is 0 Å². The van der Waals surface area contributed by atoms with Crippen LogP contribution in [0.3, 0.4) is 0 Å². The maximum atomic E-state index is 5.60. The van der Waals surface area contributed by atoms with Crippen LogP contribution in [0.1, 0.15) is 5.69 Å². The first-order chi connectivity index (χ1) is 5.15. The van der Waals surface area contributed by atoms with Gasteiger partial charge in [0.1, 0.15) is 5.82 Å². The highest BCUT2D eigenvalue weighted by atomic mass is 127. The van der Waals surface area contributed by atoms with E-state index in [0.29, 0.717) is 11.8 Å². The number of nitrogens with two attached hydrogens (primary N) is 1. The first-order valence-corrected chi connectivity index (χ1v) is 4.20. The van der Waals surface area contributed by atoms with E-state index in [1.807, 2.05) is 6.92 Å². The summed E-state index contributed by atoms with van der Waals surface area (Å²) in [6, 6.07) is 0. The maximum Gasteiger partial charge on any atom is 0.224 e. The molecular weight excluding hydrogens is 255 g/mol. The van der Waals surface area contributed by atoms with E-state index in [1.165, 1.54) is 0 Å². The molecule has 1 rings (SSSR count). The predicted octanol–water partition coefficient (Wildman–Crippen LogP) is 1.01. The van der Waals surface area contributed by atoms with Crippen molar-refractivity contribution >= 4 is 34.4 Å². The Morgan fingerprint density at radius 2 is 2.09 bits per heavy atom. The van der Waals surface area contributed by atoms with Gasteiger partial charge in [-0.2, -0.15) is 4.98 Å². The summed E-state index contributed by atoms with van der Waals surface area (Å²) in [6.07, 6.45) is 0. The normalized spacial score (nSPS) is 9.73. The summed E-state index contributed by atoms with van der Waals surface area (Å²) in [7, 11) is 1.76. The van der Waals surface area contributed by atoms with Crippen LogP contribution in [0.25, 0.3) is 0 Å². The Morgan fingerprint density at radius 1 is 1.45 bits per heavy atom. The Labute approximate surface area is 78.8 Å². The molecule has 0 amide bonds. The maximum absolute atomic E-state index is 5.60. The second kappa shape index (κ2) is 3.21. The fourth-order valence-electron chi connectivity index (χ4n) is 0.693. The van der Waals surface area contributed by atoms with Crippen LogP contribution < -0.4 is 11.1 Å². The number of nitrogens with zero attached hydrogens (tertiary/aromatic N) is 2. The highest BCUT2D eigenvalue weighted by Crippen LogP contribution is 2.16. The second-order valence-electron chi connectivity index (χ2n) is 2.08. The first kappa shape index (κ1) is 8.51. The number of rotatable bonds is 1. The van der Waals surface area contributed by atoms with Crippen LogP contribution in [0.15, 0.2) is 0 Å². The molecular formula is C6H9IN4. The van der Waals surface area contributed by atoms with Crippen LogP contribution >= 0.6 is 22.6 Å². The Hall–Kier alpha value is -0.590. The van der Waals surface area contributed by atoms with E-state index in [-0.39, 0.29) is 0 Å². The third-order valence-corrected chi connectivity index (χ3v) is 2.60. The van der Waals surface area contributed by atoms with Gasteiger partial charge in [-0.25, -0.2) is 4.98 Å². The summed E-state index contributed by atoms with van der Waals surface area (Å²) >= 11 is 2.12. The Kier molecular flexibility index (Phi) is 2.48. The van der Waals surface area contributed by atoms with Crippen molar-refractivity contribution < 1.29 is 0 Å². The van der Waals surface area contributed by atoms with Gasteiger partial charge in [0.05, 0.1) is 9.26 Å². The topological polar surface area (TPSA) is 63.8 Å². The Morgan fingerprint density at radius 3 is 2.55 bits per heavy atom.